The van der Waals surface area contributed by atoms with Gasteiger partial charge in [-0.1, -0.05) is 6.92 Å². The van der Waals surface area contributed by atoms with Crippen LogP contribution in [0.5, 0.6) is 0 Å². The molecule has 114 valence electrons. The number of rotatable bonds is 5. The third-order valence-electron chi connectivity index (χ3n) is 4.10. The van der Waals surface area contributed by atoms with Gasteiger partial charge < -0.3 is 15.0 Å². The number of fused-ring (bicyclic) bond motifs is 2. The largest absolute Gasteiger partial charge is 0.385 e. The molecule has 2 atom stereocenters. The first-order chi connectivity index (χ1) is 10.2. The predicted octanol–water partition coefficient (Wildman–Crippen LogP) is 2.78. The summed E-state index contributed by atoms with van der Waals surface area (Å²) in [5, 5.41) is 14.4. The number of ether oxygens (including phenoxy) is 1. The lowest BCUT2D eigenvalue weighted by Crippen LogP contribution is -2.42. The summed E-state index contributed by atoms with van der Waals surface area (Å²) in [4.78, 5) is 13.0. The van der Waals surface area contributed by atoms with Gasteiger partial charge in [0.1, 0.15) is 0 Å². The highest BCUT2D eigenvalue weighted by Gasteiger charge is 2.34. The second kappa shape index (κ2) is 5.89. The molecule has 2 unspecified atom stereocenters. The molecule has 2 aliphatic heterocycles. The number of non-ortho nitro benzene ring substituents is 1. The Bertz CT molecular complexity index is 523. The molecule has 3 rings (SSSR count). The van der Waals surface area contributed by atoms with Crippen molar-refractivity contribution in [1.29, 1.82) is 0 Å². The second-order valence-corrected chi connectivity index (χ2v) is 5.78. The number of anilines is 2. The molecule has 2 bridgehead atoms. The van der Waals surface area contributed by atoms with Crippen LogP contribution in [0.15, 0.2) is 18.2 Å². The van der Waals surface area contributed by atoms with Gasteiger partial charge in [0.05, 0.1) is 17.1 Å². The zero-order valence-corrected chi connectivity index (χ0v) is 12.2. The zero-order valence-electron chi connectivity index (χ0n) is 12.2. The topological polar surface area (TPSA) is 67.6 Å². The summed E-state index contributed by atoms with van der Waals surface area (Å²) in [5.41, 5.74) is 1.88. The molecule has 0 radical (unpaired) electrons. The minimum atomic E-state index is -0.324. The zero-order chi connectivity index (χ0) is 14.8. The van der Waals surface area contributed by atoms with E-state index < -0.39 is 0 Å². The fourth-order valence-corrected chi connectivity index (χ4v) is 3.08. The van der Waals surface area contributed by atoms with Crippen LogP contribution >= 0.6 is 0 Å². The van der Waals surface area contributed by atoms with E-state index in [1.807, 2.05) is 6.07 Å². The van der Waals surface area contributed by atoms with E-state index >= 15 is 0 Å². The Kier molecular flexibility index (Phi) is 3.96. The van der Waals surface area contributed by atoms with Gasteiger partial charge in [0.25, 0.3) is 5.69 Å². The van der Waals surface area contributed by atoms with E-state index in [0.717, 1.165) is 50.3 Å². The Morgan fingerprint density at radius 3 is 2.67 bits per heavy atom. The van der Waals surface area contributed by atoms with E-state index in [9.17, 15) is 10.1 Å². The molecule has 2 saturated heterocycles. The summed E-state index contributed by atoms with van der Waals surface area (Å²) in [6, 6.07) is 5.28. The molecule has 0 amide bonds. The van der Waals surface area contributed by atoms with Crippen LogP contribution in [-0.2, 0) is 4.74 Å². The Labute approximate surface area is 124 Å². The van der Waals surface area contributed by atoms with Crippen molar-refractivity contribution in [2.45, 2.75) is 38.4 Å². The highest BCUT2D eigenvalue weighted by Crippen LogP contribution is 2.33. The molecule has 0 saturated carbocycles. The lowest BCUT2D eigenvalue weighted by atomic mass is 10.2. The number of hydrogen-bond acceptors (Lipinski definition) is 5. The maximum absolute atomic E-state index is 11.1. The average molecular weight is 291 g/mol. The van der Waals surface area contributed by atoms with Crippen molar-refractivity contribution in [3.8, 4) is 0 Å². The predicted molar refractivity (Wildman–Crippen MR) is 82.0 cm³/mol. The number of nitro groups is 1. The number of nitro benzene ring substituents is 1. The fraction of sp³-hybridized carbons (Fsp3) is 0.600. The second-order valence-electron chi connectivity index (χ2n) is 5.78. The molecule has 0 aromatic heterocycles. The van der Waals surface area contributed by atoms with Crippen molar-refractivity contribution >= 4 is 17.1 Å². The third kappa shape index (κ3) is 3.10. The summed E-state index contributed by atoms with van der Waals surface area (Å²) in [5.74, 6) is 0. The average Bonchev–Trinajstić information content (AvgIpc) is 2.83. The lowest BCUT2D eigenvalue weighted by Gasteiger charge is -2.34. The third-order valence-corrected chi connectivity index (χ3v) is 4.10. The first-order valence-electron chi connectivity index (χ1n) is 7.59. The maximum Gasteiger partial charge on any atom is 0.273 e. The lowest BCUT2D eigenvalue weighted by molar-refractivity contribution is -0.384. The molecular weight excluding hydrogens is 270 g/mol. The summed E-state index contributed by atoms with van der Waals surface area (Å²) >= 11 is 0. The van der Waals surface area contributed by atoms with E-state index in [4.69, 9.17) is 4.74 Å². The van der Waals surface area contributed by atoms with Gasteiger partial charge in [-0.05, 0) is 25.3 Å². The van der Waals surface area contributed by atoms with Crippen molar-refractivity contribution in [3.05, 3.63) is 28.3 Å². The monoisotopic (exact) mass is 291 g/mol. The van der Waals surface area contributed by atoms with E-state index in [2.05, 4.69) is 17.1 Å². The number of hydrogen-bond donors (Lipinski definition) is 1. The van der Waals surface area contributed by atoms with E-state index in [1.54, 1.807) is 12.1 Å². The van der Waals surface area contributed by atoms with Crippen molar-refractivity contribution in [2.24, 2.45) is 0 Å². The maximum atomic E-state index is 11.1. The minimum Gasteiger partial charge on any atom is -0.385 e. The first kappa shape index (κ1) is 14.1. The molecule has 6 nitrogen and oxygen atoms in total. The highest BCUT2D eigenvalue weighted by atomic mass is 16.6. The molecule has 2 aliphatic rings. The van der Waals surface area contributed by atoms with Gasteiger partial charge in [-0.15, -0.1) is 0 Å². The van der Waals surface area contributed by atoms with Gasteiger partial charge in [-0.3, -0.25) is 10.1 Å². The van der Waals surface area contributed by atoms with Gasteiger partial charge in [0, 0.05) is 43.1 Å². The summed E-state index contributed by atoms with van der Waals surface area (Å²) in [7, 11) is 0. The van der Waals surface area contributed by atoms with Gasteiger partial charge in [0.2, 0.25) is 0 Å². The molecule has 2 fully saturated rings. The van der Waals surface area contributed by atoms with E-state index in [1.165, 1.54) is 0 Å². The van der Waals surface area contributed by atoms with Gasteiger partial charge in [-0.25, -0.2) is 0 Å². The van der Waals surface area contributed by atoms with Crippen LogP contribution in [0.3, 0.4) is 0 Å². The number of nitrogens with zero attached hydrogens (tertiary/aromatic N) is 2. The van der Waals surface area contributed by atoms with Crippen LogP contribution < -0.4 is 10.2 Å². The van der Waals surface area contributed by atoms with Crippen LogP contribution in [0.1, 0.15) is 26.2 Å². The van der Waals surface area contributed by atoms with Crippen LogP contribution in [0.2, 0.25) is 0 Å². The molecule has 21 heavy (non-hydrogen) atoms. The van der Waals surface area contributed by atoms with Gasteiger partial charge in [-0.2, -0.15) is 0 Å². The first-order valence-corrected chi connectivity index (χ1v) is 7.59. The van der Waals surface area contributed by atoms with Crippen LogP contribution in [0.4, 0.5) is 17.1 Å². The van der Waals surface area contributed by atoms with Crippen LogP contribution in [-0.4, -0.2) is 36.8 Å². The molecule has 1 aromatic carbocycles. The van der Waals surface area contributed by atoms with E-state index in [0.29, 0.717) is 0 Å². The summed E-state index contributed by atoms with van der Waals surface area (Å²) in [6.45, 7) is 4.54. The van der Waals surface area contributed by atoms with Gasteiger partial charge in [0.15, 0.2) is 0 Å². The Morgan fingerprint density at radius 2 is 2.05 bits per heavy atom. The molecule has 6 heteroatoms. The fourth-order valence-electron chi connectivity index (χ4n) is 3.08. The minimum absolute atomic E-state index is 0.143. The molecule has 2 heterocycles. The Balaban J connectivity index is 1.85. The molecule has 0 spiro atoms. The van der Waals surface area contributed by atoms with Crippen molar-refractivity contribution < 1.29 is 9.66 Å². The van der Waals surface area contributed by atoms with Gasteiger partial charge >= 0.3 is 0 Å². The van der Waals surface area contributed by atoms with Crippen molar-refractivity contribution in [1.82, 2.24) is 0 Å². The normalized spacial score (nSPS) is 24.1. The molecular formula is C15H21N3O3. The van der Waals surface area contributed by atoms with Crippen LogP contribution in [0, 0.1) is 10.1 Å². The SMILES string of the molecule is CCCNc1cc(N2CC3CCC(C2)O3)cc([N+](=O)[O-])c1. The smallest absolute Gasteiger partial charge is 0.273 e. The number of morpholine rings is 1. The van der Waals surface area contributed by atoms with Crippen molar-refractivity contribution in [3.63, 3.8) is 0 Å². The highest BCUT2D eigenvalue weighted by molar-refractivity contribution is 5.64. The number of benzene rings is 1. The Hall–Kier alpha value is -1.82. The molecule has 1 aromatic rings. The molecule has 0 aliphatic carbocycles. The standard InChI is InChI=1S/C15H21N3O3/c1-2-5-16-11-6-12(8-13(7-11)18(19)20)17-9-14-3-4-15(10-17)21-14/h6-8,14-16H,2-5,9-10H2,1H3. The quantitative estimate of drug-likeness (QED) is 0.667. The van der Waals surface area contributed by atoms with Crippen molar-refractivity contribution in [2.75, 3.05) is 29.9 Å². The summed E-state index contributed by atoms with van der Waals surface area (Å²) in [6.07, 6.45) is 3.72. The van der Waals surface area contributed by atoms with E-state index in [-0.39, 0.29) is 22.8 Å². The molecule has 1 N–H and O–H groups in total. The Morgan fingerprint density at radius 1 is 1.33 bits per heavy atom. The van der Waals surface area contributed by atoms with Crippen LogP contribution in [0.25, 0.3) is 0 Å². The number of nitrogens with one attached hydrogen (secondary N) is 1. The summed E-state index contributed by atoms with van der Waals surface area (Å²) < 4.78 is 5.83.